The summed E-state index contributed by atoms with van der Waals surface area (Å²) >= 11 is 0. The maximum Gasteiger partial charge on any atom is 0.333 e. The molecule has 1 saturated heterocycles. The van der Waals surface area contributed by atoms with Crippen LogP contribution >= 0.6 is 0 Å². The fourth-order valence-corrected chi connectivity index (χ4v) is 9.65. The van der Waals surface area contributed by atoms with Crippen LogP contribution in [0.15, 0.2) is 88.3 Å². The molecule has 0 spiro atoms. The normalized spacial score (nSPS) is 18.0. The van der Waals surface area contributed by atoms with Gasteiger partial charge in [-0.3, -0.25) is 9.59 Å². The average Bonchev–Trinajstić information content (AvgIpc) is 3.71. The Balaban J connectivity index is 1.27. The predicted molar refractivity (Wildman–Crippen MR) is 229 cm³/mol. The van der Waals surface area contributed by atoms with Crippen LogP contribution in [0.4, 0.5) is 11.4 Å². The van der Waals surface area contributed by atoms with Crippen LogP contribution in [0, 0.1) is 6.92 Å². The van der Waals surface area contributed by atoms with Crippen LogP contribution in [0.3, 0.4) is 0 Å². The fraction of sp³-hybridized carbons (Fsp3) is 0.422. The molecular weight excluding hydrogens is 839 g/mol. The molecule has 3 heterocycles. The Kier molecular flexibility index (Phi) is 13.8. The van der Waals surface area contributed by atoms with Gasteiger partial charge in [0.25, 0.3) is 11.8 Å². The Bertz CT molecular complexity index is 2630. The molecule has 3 aromatic rings. The van der Waals surface area contributed by atoms with Crippen molar-refractivity contribution < 1.29 is 59.2 Å². The smallest absolute Gasteiger partial charge is 0.333 e. The largest absolute Gasteiger partial charge is 0.744 e. The topological polar surface area (TPSA) is 203 Å². The highest BCUT2D eigenvalue weighted by molar-refractivity contribution is 7.86. The van der Waals surface area contributed by atoms with Gasteiger partial charge in [0, 0.05) is 67.4 Å². The Morgan fingerprint density at radius 3 is 2.21 bits per heavy atom. The molecule has 0 atom stereocenters. The van der Waals surface area contributed by atoms with Gasteiger partial charge in [-0.1, -0.05) is 38.5 Å². The van der Waals surface area contributed by atoms with Crippen molar-refractivity contribution in [1.82, 2.24) is 5.06 Å². The first kappa shape index (κ1) is 46.5. The van der Waals surface area contributed by atoms with E-state index in [4.69, 9.17) is 14.3 Å². The third-order valence-corrected chi connectivity index (χ3v) is 13.3. The van der Waals surface area contributed by atoms with E-state index in [0.29, 0.717) is 73.7 Å². The average molecular weight is 891 g/mol. The number of ether oxygens (including phenoxy) is 2. The molecule has 3 aliphatic heterocycles. The zero-order valence-electron chi connectivity index (χ0n) is 35.8. The van der Waals surface area contributed by atoms with E-state index in [1.165, 1.54) is 24.3 Å². The first-order valence-electron chi connectivity index (χ1n) is 20.4. The van der Waals surface area contributed by atoms with Gasteiger partial charge in [0.05, 0.1) is 28.4 Å². The number of anilines is 1. The zero-order valence-corrected chi connectivity index (χ0v) is 37.4. The molecule has 1 fully saturated rings. The SMILES string of the molecule is COCCOCC[N+]1=C(/C=C/C=C/C=C2/N(CCCCCC(=O)ON3C(=O)CCC3=O)c3ccc(S(=O)(=O)[O-])cc3C2(C)C)C(C)(C)c2c1ccc1c(C)cc(S(=O)(=O)[O-])cc21. The molecule has 0 unspecified atom stereocenters. The minimum Gasteiger partial charge on any atom is -0.744 e. The molecule has 3 aromatic carbocycles. The van der Waals surface area contributed by atoms with Gasteiger partial charge >= 0.3 is 5.97 Å². The van der Waals surface area contributed by atoms with E-state index >= 15 is 0 Å². The molecular formula is C45H52N3O12S2-. The molecule has 62 heavy (non-hydrogen) atoms. The lowest BCUT2D eigenvalue weighted by Gasteiger charge is -2.27. The molecule has 0 aromatic heterocycles. The van der Waals surface area contributed by atoms with Crippen LogP contribution in [0.25, 0.3) is 10.8 Å². The number of carbonyl (C=O) groups excluding carboxylic acids is 3. The second-order valence-electron chi connectivity index (χ2n) is 16.6. The van der Waals surface area contributed by atoms with Crippen molar-refractivity contribution in [1.29, 1.82) is 0 Å². The molecule has 3 aliphatic rings. The number of carbonyl (C=O) groups is 3. The Morgan fingerprint density at radius 2 is 1.53 bits per heavy atom. The van der Waals surface area contributed by atoms with Gasteiger partial charge in [-0.25, -0.2) is 21.6 Å². The van der Waals surface area contributed by atoms with Crippen molar-refractivity contribution in [2.75, 3.05) is 44.9 Å². The highest BCUT2D eigenvalue weighted by Gasteiger charge is 2.46. The molecule has 15 nitrogen and oxygen atoms in total. The number of imide groups is 1. The summed E-state index contributed by atoms with van der Waals surface area (Å²) in [6.07, 6.45) is 11.3. The quantitative estimate of drug-likeness (QED) is 0.0477. The number of allylic oxidation sites excluding steroid dienone is 6. The molecule has 0 bridgehead atoms. The van der Waals surface area contributed by atoms with Crippen LogP contribution in [0.1, 0.15) is 82.9 Å². The summed E-state index contributed by atoms with van der Waals surface area (Å²) in [5.41, 5.74) is 4.30. The van der Waals surface area contributed by atoms with Crippen LogP contribution in [0.2, 0.25) is 0 Å². The number of nitrogens with zero attached hydrogens (tertiary/aromatic N) is 3. The fourth-order valence-electron chi connectivity index (χ4n) is 8.57. The summed E-state index contributed by atoms with van der Waals surface area (Å²) in [4.78, 5) is 42.5. The predicted octanol–water partition coefficient (Wildman–Crippen LogP) is 5.96. The summed E-state index contributed by atoms with van der Waals surface area (Å²) < 4.78 is 85.9. The number of rotatable bonds is 18. The maximum absolute atomic E-state index is 12.4. The lowest BCUT2D eigenvalue weighted by Crippen LogP contribution is -2.32. The Labute approximate surface area is 362 Å². The third kappa shape index (κ3) is 9.62. The van der Waals surface area contributed by atoms with Crippen molar-refractivity contribution in [2.45, 2.75) is 93.8 Å². The number of amides is 2. The first-order chi connectivity index (χ1) is 29.2. The Hall–Kier alpha value is -5.04. The van der Waals surface area contributed by atoms with Crippen LogP contribution in [-0.2, 0) is 59.8 Å². The lowest BCUT2D eigenvalue weighted by molar-refractivity contribution is -0.442. The second kappa shape index (κ2) is 18.4. The summed E-state index contributed by atoms with van der Waals surface area (Å²) in [6.45, 7) is 12.0. The van der Waals surface area contributed by atoms with Crippen LogP contribution in [0.5, 0.6) is 0 Å². The molecule has 332 valence electrons. The van der Waals surface area contributed by atoms with Gasteiger partial charge in [-0.05, 0) is 98.0 Å². The van der Waals surface area contributed by atoms with Gasteiger partial charge in [0.1, 0.15) is 26.8 Å². The lowest BCUT2D eigenvalue weighted by atomic mass is 9.78. The summed E-state index contributed by atoms with van der Waals surface area (Å²) in [5, 5.41) is 2.06. The molecule has 0 radical (unpaired) electrons. The number of hydroxylamine groups is 2. The summed E-state index contributed by atoms with van der Waals surface area (Å²) in [7, 11) is -7.83. The second-order valence-corrected chi connectivity index (χ2v) is 19.3. The number of hydrogen-bond donors (Lipinski definition) is 0. The monoisotopic (exact) mass is 890 g/mol. The van der Waals surface area contributed by atoms with Crippen molar-refractivity contribution in [3.63, 3.8) is 0 Å². The number of fused-ring (bicyclic) bond motifs is 4. The number of unbranched alkanes of at least 4 members (excludes halogenated alkanes) is 2. The highest BCUT2D eigenvalue weighted by Crippen LogP contribution is 2.49. The van der Waals surface area contributed by atoms with Crippen molar-refractivity contribution in [3.05, 3.63) is 95.2 Å². The minimum absolute atomic E-state index is 0.0136. The minimum atomic E-state index is -4.72. The molecule has 2 amide bonds. The van der Waals surface area contributed by atoms with E-state index < -0.39 is 48.8 Å². The van der Waals surface area contributed by atoms with Crippen molar-refractivity contribution in [3.8, 4) is 0 Å². The van der Waals surface area contributed by atoms with E-state index in [1.54, 1.807) is 20.1 Å². The number of methoxy groups -OCH3 is 1. The number of hydrogen-bond acceptors (Lipinski definition) is 13. The standard InChI is InChI=1S/C45H53N3O12S2/c1-30-27-32(62(55,56)57)28-34-33(30)17-19-37-43(34)45(4,5)39(47(37)23-24-59-26-25-58-6)14-10-7-9-13-38-44(2,3)35-29-31(61(52,53)54)16-18-36(35)46(38)22-12-8-11-15-42(51)60-48-40(49)20-21-41(48)50/h7,9-10,13-14,16-19,27-29H,8,11-12,15,20-26H2,1-6H3,(H-,52,53,54,55,56,57)/p-1. The van der Waals surface area contributed by atoms with E-state index in [1.807, 2.05) is 56.4 Å². The van der Waals surface area contributed by atoms with Crippen molar-refractivity contribution in [2.24, 2.45) is 0 Å². The van der Waals surface area contributed by atoms with Crippen LogP contribution in [-0.4, -0.2) is 99.1 Å². The van der Waals surface area contributed by atoms with Gasteiger partial charge < -0.3 is 28.3 Å². The van der Waals surface area contributed by atoms with Gasteiger partial charge in [-0.2, -0.15) is 4.58 Å². The van der Waals surface area contributed by atoms with Crippen molar-refractivity contribution >= 4 is 65.9 Å². The first-order valence-corrected chi connectivity index (χ1v) is 23.2. The molecule has 0 N–H and O–H groups in total. The van der Waals surface area contributed by atoms with Gasteiger partial charge in [0.2, 0.25) is 5.69 Å². The Morgan fingerprint density at radius 1 is 0.823 bits per heavy atom. The van der Waals surface area contributed by atoms with E-state index in [9.17, 15) is 40.3 Å². The maximum atomic E-state index is 12.4. The summed E-state index contributed by atoms with van der Waals surface area (Å²) in [6, 6.07) is 11.2. The van der Waals surface area contributed by atoms with E-state index in [2.05, 4.69) is 23.3 Å². The van der Waals surface area contributed by atoms with Crippen LogP contribution < -0.4 is 4.90 Å². The van der Waals surface area contributed by atoms with E-state index in [0.717, 1.165) is 33.7 Å². The molecule has 6 rings (SSSR count). The summed E-state index contributed by atoms with van der Waals surface area (Å²) in [5.74, 6) is -1.74. The number of aryl methyl sites for hydroxylation is 1. The number of benzene rings is 3. The highest BCUT2D eigenvalue weighted by atomic mass is 32.2. The third-order valence-electron chi connectivity index (χ3n) is 11.7. The van der Waals surface area contributed by atoms with E-state index in [-0.39, 0.29) is 29.1 Å². The van der Waals surface area contributed by atoms with Gasteiger partial charge in [-0.15, -0.1) is 5.06 Å². The zero-order chi connectivity index (χ0) is 45.2. The van der Waals surface area contributed by atoms with Gasteiger partial charge in [0.15, 0.2) is 12.3 Å². The molecule has 17 heteroatoms. The molecule has 0 aliphatic carbocycles. The molecule has 0 saturated carbocycles.